The standard InChI is InChI=1S/C21H21O4P.C7H9OP.C7H8O/c1-16-9-3-6-12-19(16)23-26(24-20-13-7-4-10-17(20)2)25-21-14-8-5-11-18(21)15-22;1-6-4-2-3-5-7(6)8-9;1-6-4-2-3-5-7(6)8/h3-14,22H,15H2,1-2H3;2-5H,9H2,1H3;2-5,8H,1H3. The molecule has 5 rings (SSSR count). The Morgan fingerprint density at radius 2 is 0.884 bits per heavy atom. The number of aliphatic hydroxyl groups is 1. The lowest BCUT2D eigenvalue weighted by atomic mass is 10.2. The molecular formula is C35H38O6P2. The fourth-order valence-corrected chi connectivity index (χ4v) is 5.04. The average Bonchev–Trinajstić information content (AvgIpc) is 3.02. The molecule has 5 aromatic rings. The van der Waals surface area contributed by atoms with Gasteiger partial charge in [0.25, 0.3) is 0 Å². The second-order valence-electron chi connectivity index (χ2n) is 9.46. The third-order valence-corrected chi connectivity index (χ3v) is 7.48. The first-order valence-electron chi connectivity index (χ1n) is 13.6. The molecule has 6 nitrogen and oxygen atoms in total. The van der Waals surface area contributed by atoms with Gasteiger partial charge in [-0.1, -0.05) is 91.0 Å². The number of aryl methyl sites for hydroxylation is 4. The van der Waals surface area contributed by atoms with Crippen LogP contribution in [-0.2, 0) is 6.61 Å². The summed E-state index contributed by atoms with van der Waals surface area (Å²) in [4.78, 5) is 0. The van der Waals surface area contributed by atoms with Crippen molar-refractivity contribution in [3.63, 3.8) is 0 Å². The maximum absolute atomic E-state index is 9.54. The first-order valence-corrected chi connectivity index (χ1v) is 15.2. The van der Waals surface area contributed by atoms with E-state index < -0.39 is 8.60 Å². The molecule has 0 spiro atoms. The molecule has 0 amide bonds. The topological polar surface area (TPSA) is 77.4 Å². The van der Waals surface area contributed by atoms with Crippen molar-refractivity contribution in [2.45, 2.75) is 34.3 Å². The van der Waals surface area contributed by atoms with Crippen LogP contribution in [0.15, 0.2) is 121 Å². The van der Waals surface area contributed by atoms with Crippen LogP contribution in [0, 0.1) is 27.7 Å². The Balaban J connectivity index is 0.000000241. The highest BCUT2D eigenvalue weighted by atomic mass is 31.2. The first kappa shape index (κ1) is 33.4. The van der Waals surface area contributed by atoms with Gasteiger partial charge in [-0.3, -0.25) is 0 Å². The fraction of sp³-hybridized carbons (Fsp3) is 0.143. The van der Waals surface area contributed by atoms with Gasteiger partial charge >= 0.3 is 8.60 Å². The van der Waals surface area contributed by atoms with Crippen molar-refractivity contribution in [2.24, 2.45) is 0 Å². The highest BCUT2D eigenvalue weighted by Gasteiger charge is 2.22. The summed E-state index contributed by atoms with van der Waals surface area (Å²) in [5.41, 5.74) is 4.75. The molecule has 224 valence electrons. The summed E-state index contributed by atoms with van der Waals surface area (Å²) in [5, 5.41) is 18.5. The molecule has 43 heavy (non-hydrogen) atoms. The van der Waals surface area contributed by atoms with Gasteiger partial charge in [-0.15, -0.1) is 0 Å². The van der Waals surface area contributed by atoms with Crippen molar-refractivity contribution in [1.82, 2.24) is 0 Å². The maximum atomic E-state index is 9.54. The Labute approximate surface area is 258 Å². The number of hydrogen-bond donors (Lipinski definition) is 2. The molecule has 0 saturated carbocycles. The molecule has 8 heteroatoms. The van der Waals surface area contributed by atoms with E-state index in [9.17, 15) is 5.11 Å². The monoisotopic (exact) mass is 616 g/mol. The summed E-state index contributed by atoms with van der Waals surface area (Å²) in [7, 11) is 0.473. The molecule has 0 aliphatic rings. The molecular weight excluding hydrogens is 578 g/mol. The second-order valence-corrected chi connectivity index (χ2v) is 10.7. The van der Waals surface area contributed by atoms with E-state index in [2.05, 4.69) is 9.47 Å². The van der Waals surface area contributed by atoms with Gasteiger partial charge in [-0.25, -0.2) is 0 Å². The third kappa shape index (κ3) is 10.9. The van der Waals surface area contributed by atoms with Crippen molar-refractivity contribution in [3.05, 3.63) is 149 Å². The number of para-hydroxylation sites is 5. The summed E-state index contributed by atoms with van der Waals surface area (Å²) in [5.74, 6) is 3.24. The minimum atomic E-state index is -1.75. The van der Waals surface area contributed by atoms with Crippen molar-refractivity contribution < 1.29 is 28.3 Å². The van der Waals surface area contributed by atoms with Gasteiger partial charge in [0.2, 0.25) is 0 Å². The van der Waals surface area contributed by atoms with Crippen molar-refractivity contribution in [2.75, 3.05) is 0 Å². The molecule has 0 fully saturated rings. The summed E-state index contributed by atoms with van der Waals surface area (Å²) in [6.45, 7) is 7.71. The van der Waals surface area contributed by atoms with Gasteiger partial charge in [-0.05, 0) is 80.3 Å². The average molecular weight is 617 g/mol. The van der Waals surface area contributed by atoms with E-state index in [0.717, 1.165) is 28.0 Å². The zero-order valence-corrected chi connectivity index (χ0v) is 26.9. The smallest absolute Gasteiger partial charge is 0.508 e. The normalized spacial score (nSPS) is 10.0. The minimum Gasteiger partial charge on any atom is -0.508 e. The molecule has 1 atom stereocenters. The molecule has 0 saturated heterocycles. The van der Waals surface area contributed by atoms with Gasteiger partial charge in [0.15, 0.2) is 0 Å². The Morgan fingerprint density at radius 1 is 0.512 bits per heavy atom. The van der Waals surface area contributed by atoms with Crippen LogP contribution in [0.3, 0.4) is 0 Å². The van der Waals surface area contributed by atoms with Crippen LogP contribution >= 0.6 is 18.1 Å². The molecule has 0 radical (unpaired) electrons. The van der Waals surface area contributed by atoms with Crippen LogP contribution in [0.25, 0.3) is 0 Å². The summed E-state index contributed by atoms with van der Waals surface area (Å²) in [6.07, 6.45) is 0. The van der Waals surface area contributed by atoms with Gasteiger partial charge in [0, 0.05) is 5.56 Å². The van der Waals surface area contributed by atoms with Crippen molar-refractivity contribution in [3.8, 4) is 28.7 Å². The fourth-order valence-electron chi connectivity index (χ4n) is 3.59. The van der Waals surface area contributed by atoms with Crippen molar-refractivity contribution >= 4 is 18.1 Å². The largest absolute Gasteiger partial charge is 0.530 e. The van der Waals surface area contributed by atoms with Crippen LogP contribution in [0.1, 0.15) is 27.8 Å². The number of aromatic hydroxyl groups is 1. The summed E-state index contributed by atoms with van der Waals surface area (Å²) < 4.78 is 23.1. The predicted molar refractivity (Wildman–Crippen MR) is 178 cm³/mol. The molecule has 0 heterocycles. The lowest BCUT2D eigenvalue weighted by Crippen LogP contribution is -2.05. The van der Waals surface area contributed by atoms with Gasteiger partial charge in [-0.2, -0.15) is 0 Å². The van der Waals surface area contributed by atoms with E-state index in [0.29, 0.717) is 28.6 Å². The van der Waals surface area contributed by atoms with Crippen LogP contribution < -0.4 is 18.1 Å². The van der Waals surface area contributed by atoms with Crippen LogP contribution in [0.2, 0.25) is 0 Å². The Morgan fingerprint density at radius 3 is 1.26 bits per heavy atom. The molecule has 0 aromatic heterocycles. The zero-order chi connectivity index (χ0) is 31.0. The quantitative estimate of drug-likeness (QED) is 0.169. The van der Waals surface area contributed by atoms with Gasteiger partial charge < -0.3 is 28.3 Å². The second kappa shape index (κ2) is 17.8. The number of aliphatic hydroxyl groups excluding tert-OH is 1. The summed E-state index contributed by atoms with van der Waals surface area (Å²) in [6, 6.07) is 37.9. The van der Waals surface area contributed by atoms with Gasteiger partial charge in [0.1, 0.15) is 28.7 Å². The molecule has 0 bridgehead atoms. The minimum absolute atomic E-state index is 0.117. The lowest BCUT2D eigenvalue weighted by molar-refractivity contribution is 0.277. The van der Waals surface area contributed by atoms with Gasteiger partial charge in [0.05, 0.1) is 16.1 Å². The highest BCUT2D eigenvalue weighted by Crippen LogP contribution is 2.44. The predicted octanol–water partition coefficient (Wildman–Crippen LogP) is 9.42. The van der Waals surface area contributed by atoms with E-state index in [-0.39, 0.29) is 6.61 Å². The summed E-state index contributed by atoms with van der Waals surface area (Å²) >= 11 is 0. The van der Waals surface area contributed by atoms with E-state index in [4.69, 9.17) is 23.2 Å². The number of phenolic OH excluding ortho intramolecular Hbond substituents is 1. The molecule has 0 aliphatic carbocycles. The molecule has 0 aliphatic heterocycles. The third-order valence-electron chi connectivity index (χ3n) is 6.18. The zero-order valence-electron chi connectivity index (χ0n) is 24.8. The molecule has 1 unspecified atom stereocenters. The van der Waals surface area contributed by atoms with E-state index in [1.54, 1.807) is 12.1 Å². The number of rotatable bonds is 8. The number of benzene rings is 5. The van der Waals surface area contributed by atoms with Crippen LogP contribution in [0.5, 0.6) is 28.7 Å². The van der Waals surface area contributed by atoms with Crippen molar-refractivity contribution in [1.29, 1.82) is 0 Å². The van der Waals surface area contributed by atoms with E-state index in [1.165, 1.54) is 0 Å². The maximum Gasteiger partial charge on any atom is 0.530 e. The van der Waals surface area contributed by atoms with Crippen LogP contribution in [0.4, 0.5) is 0 Å². The Hall–Kier alpha value is -4.08. The molecule has 5 aromatic carbocycles. The van der Waals surface area contributed by atoms with E-state index >= 15 is 0 Å². The van der Waals surface area contributed by atoms with E-state index in [1.807, 2.05) is 137 Å². The SMILES string of the molecule is Cc1ccccc1O.Cc1ccccc1OP.Cc1ccccc1OP(Oc1ccccc1C)Oc1ccccc1CO. The highest BCUT2D eigenvalue weighted by molar-refractivity contribution is 7.43. The Bertz CT molecular complexity index is 1490. The van der Waals surface area contributed by atoms with Crippen LogP contribution in [-0.4, -0.2) is 10.2 Å². The molecule has 2 N–H and O–H groups in total. The number of hydrogen-bond acceptors (Lipinski definition) is 6. The number of phenols is 1. The lowest BCUT2D eigenvalue weighted by Gasteiger charge is -2.20. The Kier molecular flexibility index (Phi) is 13.8. The first-order chi connectivity index (χ1) is 20.8.